The van der Waals surface area contributed by atoms with Gasteiger partial charge in [0.05, 0.1) is 12.7 Å². The number of aliphatic hydroxyl groups excluding tert-OH is 1. The van der Waals surface area contributed by atoms with E-state index in [0.29, 0.717) is 18.9 Å². The van der Waals surface area contributed by atoms with E-state index in [-0.39, 0.29) is 0 Å². The number of rotatable bonds is 5. The fraction of sp³-hybridized carbons (Fsp3) is 0.538. The average Bonchev–Trinajstić information content (AvgIpc) is 2.27. The average molecular weight is 287 g/mol. The highest BCUT2D eigenvalue weighted by Gasteiger charge is 2.10. The Hall–Kier alpha value is -0.540. The Morgan fingerprint density at radius 3 is 2.62 bits per heavy atom. The van der Waals surface area contributed by atoms with Gasteiger partial charge in [-0.15, -0.1) is 0 Å². The van der Waals surface area contributed by atoms with E-state index >= 15 is 0 Å². The number of aliphatic hydroxyl groups is 1. The molecule has 0 bridgehead atoms. The van der Waals surface area contributed by atoms with Crippen LogP contribution in [0.1, 0.15) is 38.9 Å². The van der Waals surface area contributed by atoms with Crippen molar-refractivity contribution in [2.45, 2.75) is 33.3 Å². The van der Waals surface area contributed by atoms with Crippen molar-refractivity contribution in [3.05, 3.63) is 28.2 Å². The molecule has 1 rings (SSSR count). The zero-order chi connectivity index (χ0) is 12.1. The van der Waals surface area contributed by atoms with Gasteiger partial charge in [-0.2, -0.15) is 0 Å². The Morgan fingerprint density at radius 1 is 1.38 bits per heavy atom. The normalized spacial score (nSPS) is 12.9. The summed E-state index contributed by atoms with van der Waals surface area (Å²) in [5.74, 6) is 1.32. The Kier molecular flexibility index (Phi) is 5.29. The van der Waals surface area contributed by atoms with Gasteiger partial charge in [-0.1, -0.05) is 36.7 Å². The molecule has 1 unspecified atom stereocenters. The van der Waals surface area contributed by atoms with Gasteiger partial charge in [0, 0.05) is 4.47 Å². The summed E-state index contributed by atoms with van der Waals surface area (Å²) >= 11 is 3.44. The monoisotopic (exact) mass is 286 g/mol. The van der Waals surface area contributed by atoms with Gasteiger partial charge in [-0.05, 0) is 36.1 Å². The standard InChI is InChI=1S/C13H19BrO2/c1-4-13(15)11-7-10(5-6-12(11)14)16-8-9(2)3/h5-7,9,13,15H,4,8H2,1-3H3. The van der Waals surface area contributed by atoms with Crippen molar-refractivity contribution in [2.24, 2.45) is 5.92 Å². The van der Waals surface area contributed by atoms with Crippen LogP contribution in [-0.4, -0.2) is 11.7 Å². The lowest BCUT2D eigenvalue weighted by molar-refractivity contribution is 0.172. The highest BCUT2D eigenvalue weighted by atomic mass is 79.9. The first-order valence-corrected chi connectivity index (χ1v) is 6.44. The third kappa shape index (κ3) is 3.80. The minimum Gasteiger partial charge on any atom is -0.493 e. The van der Waals surface area contributed by atoms with Gasteiger partial charge in [-0.25, -0.2) is 0 Å². The minimum absolute atomic E-state index is 0.433. The summed E-state index contributed by atoms with van der Waals surface area (Å²) in [5, 5.41) is 9.83. The summed E-state index contributed by atoms with van der Waals surface area (Å²) in [6.45, 7) is 6.88. The molecule has 0 aliphatic carbocycles. The lowest BCUT2D eigenvalue weighted by Crippen LogP contribution is -2.05. The fourth-order valence-corrected chi connectivity index (χ4v) is 1.86. The van der Waals surface area contributed by atoms with Crippen LogP contribution in [0.3, 0.4) is 0 Å². The maximum absolute atomic E-state index is 9.83. The van der Waals surface area contributed by atoms with E-state index in [1.165, 1.54) is 0 Å². The maximum Gasteiger partial charge on any atom is 0.119 e. The molecule has 2 nitrogen and oxygen atoms in total. The van der Waals surface area contributed by atoms with Crippen LogP contribution in [0.4, 0.5) is 0 Å². The topological polar surface area (TPSA) is 29.5 Å². The number of benzene rings is 1. The van der Waals surface area contributed by atoms with Gasteiger partial charge in [0.25, 0.3) is 0 Å². The van der Waals surface area contributed by atoms with Crippen LogP contribution in [0.2, 0.25) is 0 Å². The van der Waals surface area contributed by atoms with E-state index in [9.17, 15) is 5.11 Å². The summed E-state index contributed by atoms with van der Waals surface area (Å²) in [6, 6.07) is 5.74. The smallest absolute Gasteiger partial charge is 0.119 e. The predicted octanol–water partition coefficient (Wildman–Crippen LogP) is 3.93. The van der Waals surface area contributed by atoms with Crippen LogP contribution in [-0.2, 0) is 0 Å². The van der Waals surface area contributed by atoms with E-state index in [0.717, 1.165) is 15.8 Å². The SMILES string of the molecule is CCC(O)c1cc(OCC(C)C)ccc1Br. The van der Waals surface area contributed by atoms with Crippen molar-refractivity contribution < 1.29 is 9.84 Å². The molecule has 0 aromatic heterocycles. The molecule has 0 aliphatic heterocycles. The van der Waals surface area contributed by atoms with Gasteiger partial charge < -0.3 is 9.84 Å². The van der Waals surface area contributed by atoms with E-state index in [1.54, 1.807) is 0 Å². The summed E-state index contributed by atoms with van der Waals surface area (Å²) in [7, 11) is 0. The molecule has 0 aliphatic rings. The summed E-state index contributed by atoms with van der Waals surface area (Å²) in [6.07, 6.45) is 0.267. The first-order valence-electron chi connectivity index (χ1n) is 5.64. The number of hydrogen-bond donors (Lipinski definition) is 1. The summed E-state index contributed by atoms with van der Waals surface area (Å²) < 4.78 is 6.56. The Labute approximate surface area is 106 Å². The number of halogens is 1. The van der Waals surface area contributed by atoms with Crippen molar-refractivity contribution in [2.75, 3.05) is 6.61 Å². The van der Waals surface area contributed by atoms with Gasteiger partial charge in [0.2, 0.25) is 0 Å². The van der Waals surface area contributed by atoms with Gasteiger partial charge in [0.1, 0.15) is 5.75 Å². The van der Waals surface area contributed by atoms with Crippen molar-refractivity contribution in [1.82, 2.24) is 0 Å². The highest BCUT2D eigenvalue weighted by molar-refractivity contribution is 9.10. The molecule has 0 fully saturated rings. The summed E-state index contributed by atoms with van der Waals surface area (Å²) in [4.78, 5) is 0. The van der Waals surface area contributed by atoms with Crippen LogP contribution < -0.4 is 4.74 Å². The van der Waals surface area contributed by atoms with Crippen LogP contribution in [0.15, 0.2) is 22.7 Å². The van der Waals surface area contributed by atoms with E-state index in [2.05, 4.69) is 29.8 Å². The molecule has 0 heterocycles. The van der Waals surface area contributed by atoms with Gasteiger partial charge >= 0.3 is 0 Å². The molecule has 1 aromatic rings. The quantitative estimate of drug-likeness (QED) is 0.889. The van der Waals surface area contributed by atoms with E-state index < -0.39 is 6.10 Å². The third-order valence-corrected chi connectivity index (χ3v) is 3.02. The first kappa shape index (κ1) is 13.5. The molecule has 16 heavy (non-hydrogen) atoms. The minimum atomic E-state index is -0.433. The third-order valence-electron chi connectivity index (χ3n) is 2.30. The zero-order valence-corrected chi connectivity index (χ0v) is 11.6. The Morgan fingerprint density at radius 2 is 2.06 bits per heavy atom. The number of hydrogen-bond acceptors (Lipinski definition) is 2. The van der Waals surface area contributed by atoms with Crippen molar-refractivity contribution in [1.29, 1.82) is 0 Å². The molecule has 90 valence electrons. The summed E-state index contributed by atoms with van der Waals surface area (Å²) in [5.41, 5.74) is 0.892. The molecule has 1 atom stereocenters. The lowest BCUT2D eigenvalue weighted by Gasteiger charge is -2.14. The van der Waals surface area contributed by atoms with E-state index in [1.807, 2.05) is 25.1 Å². The molecule has 1 aromatic carbocycles. The predicted molar refractivity (Wildman–Crippen MR) is 69.7 cm³/mol. The molecule has 0 saturated heterocycles. The molecule has 0 saturated carbocycles. The molecule has 0 radical (unpaired) electrons. The molecular formula is C13H19BrO2. The lowest BCUT2D eigenvalue weighted by atomic mass is 10.1. The van der Waals surface area contributed by atoms with Crippen molar-refractivity contribution in [3.8, 4) is 5.75 Å². The first-order chi connectivity index (χ1) is 7.54. The molecule has 3 heteroatoms. The second-order valence-electron chi connectivity index (χ2n) is 4.31. The van der Waals surface area contributed by atoms with Gasteiger partial charge in [0.15, 0.2) is 0 Å². The number of ether oxygens (including phenoxy) is 1. The zero-order valence-electron chi connectivity index (χ0n) is 10.0. The van der Waals surface area contributed by atoms with E-state index in [4.69, 9.17) is 4.74 Å². The Bertz CT molecular complexity index is 337. The molecule has 0 spiro atoms. The van der Waals surface area contributed by atoms with Crippen LogP contribution in [0.5, 0.6) is 5.75 Å². The van der Waals surface area contributed by atoms with Crippen LogP contribution in [0.25, 0.3) is 0 Å². The molecule has 0 amide bonds. The van der Waals surface area contributed by atoms with Crippen LogP contribution >= 0.6 is 15.9 Å². The van der Waals surface area contributed by atoms with Gasteiger partial charge in [-0.3, -0.25) is 0 Å². The molecule has 1 N–H and O–H groups in total. The second kappa shape index (κ2) is 6.26. The maximum atomic E-state index is 9.83. The second-order valence-corrected chi connectivity index (χ2v) is 5.17. The largest absolute Gasteiger partial charge is 0.493 e. The van der Waals surface area contributed by atoms with Crippen molar-refractivity contribution in [3.63, 3.8) is 0 Å². The highest BCUT2D eigenvalue weighted by Crippen LogP contribution is 2.29. The molecular weight excluding hydrogens is 268 g/mol. The Balaban J connectivity index is 2.81. The fourth-order valence-electron chi connectivity index (χ4n) is 1.35. The van der Waals surface area contributed by atoms with Crippen LogP contribution in [0, 0.1) is 5.92 Å². The van der Waals surface area contributed by atoms with Crippen molar-refractivity contribution >= 4 is 15.9 Å².